The molecule has 1 heterocycles. The molecular weight excluding hydrogens is 286 g/mol. The monoisotopic (exact) mass is 311 g/mol. The lowest BCUT2D eigenvalue weighted by atomic mass is 9.96. The van der Waals surface area contributed by atoms with Crippen LogP contribution in [-0.2, 0) is 0 Å². The standard InChI is InChI=1S/C15H25N3O2S/c1-10-9-21-14(16-10)11(2)17-15(20)18-13-7-5-3-4-6-12(13)8-19/h9,11-13,19H,3-8H2,1-2H3,(H2,17,18,20). The fourth-order valence-corrected chi connectivity index (χ4v) is 3.64. The number of nitrogens with zero attached hydrogens (tertiary/aromatic N) is 1. The van der Waals surface area contributed by atoms with E-state index < -0.39 is 0 Å². The highest BCUT2D eigenvalue weighted by Crippen LogP contribution is 2.23. The summed E-state index contributed by atoms with van der Waals surface area (Å²) in [6.07, 6.45) is 5.37. The average Bonchev–Trinajstić information content (AvgIpc) is 2.76. The van der Waals surface area contributed by atoms with Crippen LogP contribution >= 0.6 is 11.3 Å². The number of carbonyl (C=O) groups excluding carboxylic acids is 1. The van der Waals surface area contributed by atoms with Gasteiger partial charge in [-0.05, 0) is 26.7 Å². The van der Waals surface area contributed by atoms with Crippen LogP contribution in [0, 0.1) is 12.8 Å². The number of aliphatic hydroxyl groups is 1. The number of nitrogens with one attached hydrogen (secondary N) is 2. The van der Waals surface area contributed by atoms with Gasteiger partial charge in [0.1, 0.15) is 5.01 Å². The molecule has 118 valence electrons. The van der Waals surface area contributed by atoms with Gasteiger partial charge in [-0.2, -0.15) is 0 Å². The van der Waals surface area contributed by atoms with Gasteiger partial charge < -0.3 is 15.7 Å². The molecule has 6 heteroatoms. The van der Waals surface area contributed by atoms with Gasteiger partial charge >= 0.3 is 6.03 Å². The zero-order valence-electron chi connectivity index (χ0n) is 12.8. The number of hydrogen-bond acceptors (Lipinski definition) is 4. The molecule has 1 aliphatic carbocycles. The first kappa shape index (κ1) is 16.2. The van der Waals surface area contributed by atoms with E-state index in [1.807, 2.05) is 19.2 Å². The second-order valence-corrected chi connectivity index (χ2v) is 6.74. The zero-order chi connectivity index (χ0) is 15.2. The maximum Gasteiger partial charge on any atom is 0.315 e. The first-order chi connectivity index (χ1) is 10.1. The lowest BCUT2D eigenvalue weighted by molar-refractivity contribution is 0.178. The number of aryl methyl sites for hydroxylation is 1. The van der Waals surface area contributed by atoms with Gasteiger partial charge in [0.2, 0.25) is 0 Å². The fourth-order valence-electron chi connectivity index (χ4n) is 2.83. The molecule has 0 bridgehead atoms. The van der Waals surface area contributed by atoms with E-state index >= 15 is 0 Å². The van der Waals surface area contributed by atoms with E-state index in [0.29, 0.717) is 0 Å². The molecule has 1 aliphatic rings. The largest absolute Gasteiger partial charge is 0.396 e. The first-order valence-corrected chi connectivity index (χ1v) is 8.58. The van der Waals surface area contributed by atoms with Crippen molar-refractivity contribution in [3.8, 4) is 0 Å². The van der Waals surface area contributed by atoms with Crippen LogP contribution in [0.1, 0.15) is 55.8 Å². The molecular formula is C15H25N3O2S. The maximum absolute atomic E-state index is 12.1. The Labute approximate surface area is 130 Å². The van der Waals surface area contributed by atoms with Gasteiger partial charge in [0, 0.05) is 29.6 Å². The van der Waals surface area contributed by atoms with Crippen molar-refractivity contribution in [3.63, 3.8) is 0 Å². The number of carbonyl (C=O) groups is 1. The molecule has 0 saturated heterocycles. The molecule has 0 aliphatic heterocycles. The van der Waals surface area contributed by atoms with Crippen molar-refractivity contribution in [2.45, 2.75) is 58.0 Å². The van der Waals surface area contributed by atoms with Crippen molar-refractivity contribution >= 4 is 17.4 Å². The molecule has 0 radical (unpaired) electrons. The summed E-state index contributed by atoms with van der Waals surface area (Å²) in [5.41, 5.74) is 0.980. The Bertz CT molecular complexity index is 464. The molecule has 5 nitrogen and oxygen atoms in total. The summed E-state index contributed by atoms with van der Waals surface area (Å²) in [5.74, 6) is 0.177. The quantitative estimate of drug-likeness (QED) is 0.749. The number of hydrogen-bond donors (Lipinski definition) is 3. The summed E-state index contributed by atoms with van der Waals surface area (Å²) in [6, 6.07) is -0.189. The van der Waals surface area contributed by atoms with E-state index in [9.17, 15) is 9.90 Å². The first-order valence-electron chi connectivity index (χ1n) is 7.70. The Morgan fingerprint density at radius 3 is 2.90 bits per heavy atom. The molecule has 1 fully saturated rings. The van der Waals surface area contributed by atoms with Crippen LogP contribution < -0.4 is 10.6 Å². The molecule has 2 rings (SSSR count). The lowest BCUT2D eigenvalue weighted by Crippen LogP contribution is -2.46. The van der Waals surface area contributed by atoms with Gasteiger partial charge in [-0.3, -0.25) is 0 Å². The molecule has 0 spiro atoms. The minimum Gasteiger partial charge on any atom is -0.396 e. The van der Waals surface area contributed by atoms with Crippen molar-refractivity contribution in [1.29, 1.82) is 0 Å². The molecule has 3 atom stereocenters. The Balaban J connectivity index is 1.87. The number of aliphatic hydroxyl groups excluding tert-OH is 1. The predicted octanol–water partition coefficient (Wildman–Crippen LogP) is 2.75. The maximum atomic E-state index is 12.1. The molecule has 1 aromatic rings. The molecule has 2 amide bonds. The fraction of sp³-hybridized carbons (Fsp3) is 0.733. The second kappa shape index (κ2) is 7.75. The van der Waals surface area contributed by atoms with Crippen molar-refractivity contribution in [1.82, 2.24) is 15.6 Å². The third-order valence-corrected chi connectivity index (χ3v) is 5.21. The zero-order valence-corrected chi connectivity index (χ0v) is 13.6. The van der Waals surface area contributed by atoms with Gasteiger partial charge in [-0.25, -0.2) is 9.78 Å². The lowest BCUT2D eigenvalue weighted by Gasteiger charge is -2.25. The highest BCUT2D eigenvalue weighted by atomic mass is 32.1. The van der Waals surface area contributed by atoms with Gasteiger partial charge in [-0.15, -0.1) is 11.3 Å². The smallest absolute Gasteiger partial charge is 0.315 e. The van der Waals surface area contributed by atoms with Gasteiger partial charge in [0.05, 0.1) is 6.04 Å². The Hall–Kier alpha value is -1.14. The average molecular weight is 311 g/mol. The predicted molar refractivity (Wildman–Crippen MR) is 84.4 cm³/mol. The highest BCUT2D eigenvalue weighted by molar-refractivity contribution is 7.09. The number of thiazole rings is 1. The molecule has 3 unspecified atom stereocenters. The summed E-state index contributed by atoms with van der Waals surface area (Å²) in [5, 5.41) is 18.4. The summed E-state index contributed by atoms with van der Waals surface area (Å²) in [6.45, 7) is 4.03. The van der Waals surface area contributed by atoms with E-state index in [1.165, 1.54) is 6.42 Å². The summed E-state index contributed by atoms with van der Waals surface area (Å²) in [4.78, 5) is 16.5. The Kier molecular flexibility index (Phi) is 5.99. The van der Waals surface area contributed by atoms with E-state index in [4.69, 9.17) is 0 Å². The third-order valence-electron chi connectivity index (χ3n) is 4.06. The third kappa shape index (κ3) is 4.68. The SMILES string of the molecule is Cc1csc(C(C)NC(=O)NC2CCCCCC2CO)n1. The van der Waals surface area contributed by atoms with Crippen molar-refractivity contribution in [2.75, 3.05) is 6.61 Å². The summed E-state index contributed by atoms with van der Waals surface area (Å²) >= 11 is 1.56. The van der Waals surface area contributed by atoms with Crippen LogP contribution in [0.5, 0.6) is 0 Å². The van der Waals surface area contributed by atoms with Crippen LogP contribution in [0.4, 0.5) is 4.79 Å². The minimum atomic E-state index is -0.166. The van der Waals surface area contributed by atoms with E-state index in [-0.39, 0.29) is 30.6 Å². The van der Waals surface area contributed by atoms with E-state index in [0.717, 1.165) is 36.4 Å². The summed E-state index contributed by atoms with van der Waals surface area (Å²) in [7, 11) is 0. The van der Waals surface area contributed by atoms with Crippen LogP contribution in [0.25, 0.3) is 0 Å². The van der Waals surface area contributed by atoms with Gasteiger partial charge in [0.25, 0.3) is 0 Å². The Morgan fingerprint density at radius 1 is 1.48 bits per heavy atom. The van der Waals surface area contributed by atoms with Crippen LogP contribution in [-0.4, -0.2) is 28.8 Å². The molecule has 3 N–H and O–H groups in total. The van der Waals surface area contributed by atoms with E-state index in [2.05, 4.69) is 15.6 Å². The van der Waals surface area contributed by atoms with Gasteiger partial charge in [-0.1, -0.05) is 19.3 Å². The van der Waals surface area contributed by atoms with Crippen LogP contribution in [0.3, 0.4) is 0 Å². The van der Waals surface area contributed by atoms with Crippen molar-refractivity contribution in [3.05, 3.63) is 16.1 Å². The van der Waals surface area contributed by atoms with Crippen LogP contribution in [0.2, 0.25) is 0 Å². The Morgan fingerprint density at radius 2 is 2.24 bits per heavy atom. The number of aromatic nitrogens is 1. The van der Waals surface area contributed by atoms with Gasteiger partial charge in [0.15, 0.2) is 0 Å². The second-order valence-electron chi connectivity index (χ2n) is 5.85. The topological polar surface area (TPSA) is 74.2 Å². The number of rotatable bonds is 4. The van der Waals surface area contributed by atoms with Crippen LogP contribution in [0.15, 0.2) is 5.38 Å². The number of amides is 2. The normalized spacial score (nSPS) is 24.1. The number of urea groups is 1. The van der Waals surface area contributed by atoms with Crippen molar-refractivity contribution < 1.29 is 9.90 Å². The molecule has 1 aromatic heterocycles. The molecule has 21 heavy (non-hydrogen) atoms. The molecule has 0 aromatic carbocycles. The van der Waals surface area contributed by atoms with Crippen molar-refractivity contribution in [2.24, 2.45) is 5.92 Å². The highest BCUT2D eigenvalue weighted by Gasteiger charge is 2.25. The molecule has 1 saturated carbocycles. The minimum absolute atomic E-state index is 0.0720. The summed E-state index contributed by atoms with van der Waals surface area (Å²) < 4.78 is 0. The van der Waals surface area contributed by atoms with E-state index in [1.54, 1.807) is 11.3 Å².